The molecule has 106 valence electrons. The molecule has 3 unspecified atom stereocenters. The van der Waals surface area contributed by atoms with Gasteiger partial charge in [-0.05, 0) is 30.7 Å². The molecular formula is C17H28N2. The highest BCUT2D eigenvalue weighted by atomic mass is 15.0. The Bertz CT molecular complexity index is 359. The summed E-state index contributed by atoms with van der Waals surface area (Å²) in [6, 6.07) is 12.4. The van der Waals surface area contributed by atoms with Crippen molar-refractivity contribution < 1.29 is 0 Å². The van der Waals surface area contributed by atoms with Crippen molar-refractivity contribution in [3.8, 4) is 0 Å². The lowest BCUT2D eigenvalue weighted by molar-refractivity contribution is 0.307. The van der Waals surface area contributed by atoms with Crippen LogP contribution in [0.3, 0.4) is 0 Å². The van der Waals surface area contributed by atoms with Crippen LogP contribution in [-0.2, 0) is 0 Å². The maximum absolute atomic E-state index is 6.04. The van der Waals surface area contributed by atoms with Crippen molar-refractivity contribution in [3.05, 3.63) is 35.9 Å². The third-order valence-electron chi connectivity index (χ3n) is 4.57. The minimum atomic E-state index is 0.399. The molecule has 3 N–H and O–H groups in total. The van der Waals surface area contributed by atoms with E-state index in [1.54, 1.807) is 0 Å². The van der Waals surface area contributed by atoms with Crippen molar-refractivity contribution >= 4 is 0 Å². The van der Waals surface area contributed by atoms with E-state index < -0.39 is 0 Å². The number of nitrogens with two attached hydrogens (primary N) is 1. The van der Waals surface area contributed by atoms with Gasteiger partial charge >= 0.3 is 0 Å². The molecule has 3 atom stereocenters. The highest BCUT2D eigenvalue weighted by Gasteiger charge is 2.27. The second-order valence-corrected chi connectivity index (χ2v) is 5.90. The van der Waals surface area contributed by atoms with E-state index in [1.807, 2.05) is 0 Å². The fourth-order valence-corrected chi connectivity index (χ4v) is 3.35. The lowest BCUT2D eigenvalue weighted by Gasteiger charge is -2.30. The van der Waals surface area contributed by atoms with Gasteiger partial charge in [0.25, 0.3) is 0 Å². The Kier molecular flexibility index (Phi) is 5.41. The quantitative estimate of drug-likeness (QED) is 0.819. The molecule has 0 aliphatic heterocycles. The van der Waals surface area contributed by atoms with E-state index in [1.165, 1.54) is 31.2 Å². The molecule has 1 saturated carbocycles. The van der Waals surface area contributed by atoms with Crippen molar-refractivity contribution in [2.75, 3.05) is 0 Å². The van der Waals surface area contributed by atoms with E-state index in [0.29, 0.717) is 24.0 Å². The molecule has 0 aromatic heterocycles. The molecule has 2 heteroatoms. The number of hydrogen-bond acceptors (Lipinski definition) is 2. The zero-order valence-electron chi connectivity index (χ0n) is 12.3. The molecule has 0 amide bonds. The first kappa shape index (κ1) is 14.5. The van der Waals surface area contributed by atoms with Gasteiger partial charge in [0.15, 0.2) is 0 Å². The number of nitrogens with one attached hydrogen (secondary N) is 1. The van der Waals surface area contributed by atoms with Crippen LogP contribution in [0.2, 0.25) is 0 Å². The summed E-state index contributed by atoms with van der Waals surface area (Å²) in [7, 11) is 0. The molecule has 1 aliphatic carbocycles. The fraction of sp³-hybridized carbons (Fsp3) is 0.647. The lowest BCUT2D eigenvalue weighted by Crippen LogP contribution is -2.36. The van der Waals surface area contributed by atoms with Crippen molar-refractivity contribution in [3.63, 3.8) is 0 Å². The van der Waals surface area contributed by atoms with Crippen molar-refractivity contribution in [2.45, 2.75) is 64.1 Å². The van der Waals surface area contributed by atoms with Crippen molar-refractivity contribution in [1.82, 2.24) is 5.32 Å². The number of benzene rings is 1. The van der Waals surface area contributed by atoms with Gasteiger partial charge in [-0.1, -0.05) is 57.0 Å². The zero-order chi connectivity index (χ0) is 13.7. The molecule has 19 heavy (non-hydrogen) atoms. The molecule has 0 saturated heterocycles. The zero-order valence-corrected chi connectivity index (χ0v) is 12.3. The van der Waals surface area contributed by atoms with Crippen LogP contribution in [0.4, 0.5) is 0 Å². The molecule has 0 spiro atoms. The van der Waals surface area contributed by atoms with Gasteiger partial charge in [-0.3, -0.25) is 0 Å². The van der Waals surface area contributed by atoms with Gasteiger partial charge in [-0.2, -0.15) is 0 Å². The summed E-state index contributed by atoms with van der Waals surface area (Å²) in [4.78, 5) is 0. The minimum absolute atomic E-state index is 0.399. The van der Waals surface area contributed by atoms with E-state index in [9.17, 15) is 0 Å². The van der Waals surface area contributed by atoms with Gasteiger partial charge in [0, 0.05) is 18.1 Å². The summed E-state index contributed by atoms with van der Waals surface area (Å²) in [5.74, 6) is 0.708. The smallest absolute Gasteiger partial charge is 0.0350 e. The Morgan fingerprint density at radius 1 is 1.16 bits per heavy atom. The van der Waals surface area contributed by atoms with Gasteiger partial charge in [0.05, 0.1) is 0 Å². The Morgan fingerprint density at radius 2 is 1.84 bits per heavy atom. The Balaban J connectivity index is 2.10. The molecule has 0 bridgehead atoms. The van der Waals surface area contributed by atoms with E-state index in [-0.39, 0.29) is 0 Å². The summed E-state index contributed by atoms with van der Waals surface area (Å²) in [5, 5.41) is 3.88. The van der Waals surface area contributed by atoms with Crippen molar-refractivity contribution in [2.24, 2.45) is 11.7 Å². The average molecular weight is 260 g/mol. The highest BCUT2D eigenvalue weighted by molar-refractivity contribution is 5.20. The molecule has 1 aromatic rings. The van der Waals surface area contributed by atoms with Crippen LogP contribution in [-0.4, -0.2) is 12.1 Å². The van der Waals surface area contributed by atoms with Crippen LogP contribution >= 0.6 is 0 Å². The van der Waals surface area contributed by atoms with Gasteiger partial charge in [-0.25, -0.2) is 0 Å². The lowest BCUT2D eigenvalue weighted by atomic mass is 9.88. The van der Waals surface area contributed by atoms with E-state index in [0.717, 1.165) is 6.42 Å². The minimum Gasteiger partial charge on any atom is -0.328 e. The second kappa shape index (κ2) is 7.06. The van der Waals surface area contributed by atoms with Gasteiger partial charge < -0.3 is 11.1 Å². The third kappa shape index (κ3) is 3.80. The molecule has 1 fully saturated rings. The number of hydrogen-bond donors (Lipinski definition) is 2. The first-order chi connectivity index (χ1) is 9.24. The number of rotatable bonds is 6. The SMILES string of the molecule is CCC(CC)C(NC1CCC(N)C1)c1ccccc1. The van der Waals surface area contributed by atoms with Crippen LogP contribution in [0.15, 0.2) is 30.3 Å². The molecule has 0 radical (unpaired) electrons. The van der Waals surface area contributed by atoms with Crippen LogP contribution in [0.1, 0.15) is 57.6 Å². The summed E-state index contributed by atoms with van der Waals surface area (Å²) in [5.41, 5.74) is 7.47. The first-order valence-electron chi connectivity index (χ1n) is 7.81. The van der Waals surface area contributed by atoms with E-state index in [2.05, 4.69) is 49.5 Å². The maximum atomic E-state index is 6.04. The van der Waals surface area contributed by atoms with Crippen LogP contribution < -0.4 is 11.1 Å². The molecule has 2 rings (SSSR count). The second-order valence-electron chi connectivity index (χ2n) is 5.90. The molecule has 2 nitrogen and oxygen atoms in total. The Morgan fingerprint density at radius 3 is 2.37 bits per heavy atom. The standard InChI is InChI=1S/C17H28N2/c1-3-13(4-2)17(14-8-6-5-7-9-14)19-16-11-10-15(18)12-16/h5-9,13,15-17,19H,3-4,10-12,18H2,1-2H3. The molecule has 1 aromatic carbocycles. The monoisotopic (exact) mass is 260 g/mol. The summed E-state index contributed by atoms with van der Waals surface area (Å²) in [6.07, 6.45) is 5.97. The largest absolute Gasteiger partial charge is 0.328 e. The highest BCUT2D eigenvalue weighted by Crippen LogP contribution is 2.30. The van der Waals surface area contributed by atoms with Crippen molar-refractivity contribution in [1.29, 1.82) is 0 Å². The fourth-order valence-electron chi connectivity index (χ4n) is 3.35. The maximum Gasteiger partial charge on any atom is 0.0350 e. The van der Waals surface area contributed by atoms with Gasteiger partial charge in [0.2, 0.25) is 0 Å². The van der Waals surface area contributed by atoms with Crippen LogP contribution in [0, 0.1) is 5.92 Å². The molecular weight excluding hydrogens is 232 g/mol. The predicted octanol–water partition coefficient (Wildman–Crippen LogP) is 3.63. The van der Waals surface area contributed by atoms with Gasteiger partial charge in [-0.15, -0.1) is 0 Å². The van der Waals surface area contributed by atoms with Gasteiger partial charge in [0.1, 0.15) is 0 Å². The molecule has 0 heterocycles. The summed E-state index contributed by atoms with van der Waals surface area (Å²) >= 11 is 0. The summed E-state index contributed by atoms with van der Waals surface area (Å²) in [6.45, 7) is 4.60. The third-order valence-corrected chi connectivity index (χ3v) is 4.57. The first-order valence-corrected chi connectivity index (χ1v) is 7.81. The Hall–Kier alpha value is -0.860. The predicted molar refractivity (Wildman–Crippen MR) is 82.0 cm³/mol. The summed E-state index contributed by atoms with van der Waals surface area (Å²) < 4.78 is 0. The average Bonchev–Trinajstić information content (AvgIpc) is 2.85. The van der Waals surface area contributed by atoms with Crippen LogP contribution in [0.25, 0.3) is 0 Å². The Labute approximate surface area is 117 Å². The topological polar surface area (TPSA) is 38.0 Å². The van der Waals surface area contributed by atoms with E-state index >= 15 is 0 Å². The molecule has 1 aliphatic rings. The van der Waals surface area contributed by atoms with E-state index in [4.69, 9.17) is 5.73 Å². The normalized spacial score (nSPS) is 24.8. The van der Waals surface area contributed by atoms with Crippen LogP contribution in [0.5, 0.6) is 0 Å².